The predicted molar refractivity (Wildman–Crippen MR) is 187 cm³/mol. The third kappa shape index (κ3) is 5.70. The van der Waals surface area contributed by atoms with Crippen LogP contribution >= 0.6 is 0 Å². The number of Topliss-reactive ketones (excluding diaryl/α,β-unsaturated/α-hetero) is 1. The van der Waals surface area contributed by atoms with Crippen molar-refractivity contribution in [3.8, 4) is 11.5 Å². The molecule has 3 aromatic rings. The second kappa shape index (κ2) is 13.6. The van der Waals surface area contributed by atoms with Crippen LogP contribution in [0.3, 0.4) is 0 Å². The summed E-state index contributed by atoms with van der Waals surface area (Å²) in [4.78, 5) is 30.7. The first-order chi connectivity index (χ1) is 23.4. The number of ketones is 1. The van der Waals surface area contributed by atoms with Crippen molar-refractivity contribution >= 4 is 11.8 Å². The van der Waals surface area contributed by atoms with Crippen LogP contribution in [0.25, 0.3) is 0 Å². The van der Waals surface area contributed by atoms with Crippen LogP contribution in [0.1, 0.15) is 78.9 Å². The number of esters is 1. The molecule has 1 saturated carbocycles. The van der Waals surface area contributed by atoms with Gasteiger partial charge in [0.25, 0.3) is 0 Å². The monoisotopic (exact) mass is 648 g/mol. The third-order valence-corrected chi connectivity index (χ3v) is 11.6. The molecule has 252 valence electrons. The Kier molecular flexibility index (Phi) is 9.29. The fourth-order valence-corrected chi connectivity index (χ4v) is 9.49. The summed E-state index contributed by atoms with van der Waals surface area (Å²) in [5.41, 5.74) is 2.56. The molecule has 0 radical (unpaired) electrons. The molecular formula is C41H48N2O5. The van der Waals surface area contributed by atoms with Gasteiger partial charge in [-0.2, -0.15) is 0 Å². The molecule has 4 aliphatic rings. The van der Waals surface area contributed by atoms with Gasteiger partial charge in [0.1, 0.15) is 6.10 Å². The lowest BCUT2D eigenvalue weighted by molar-refractivity contribution is -0.198. The highest BCUT2D eigenvalue weighted by Crippen LogP contribution is 2.66. The SMILES string of the molecule is C=CCN1CC[C@]23c4c5ccc(OC(C)=O)c4O[C@H]2[C@@H](N(CCCCCCc2ccccc2)CC(=O)c2ccccc2)CC[C@@]3(O)[C@H]1C5. The van der Waals surface area contributed by atoms with Crippen LogP contribution < -0.4 is 9.47 Å². The van der Waals surface area contributed by atoms with Gasteiger partial charge in [0.2, 0.25) is 0 Å². The lowest BCUT2D eigenvalue weighted by atomic mass is 9.48. The summed E-state index contributed by atoms with van der Waals surface area (Å²) in [5, 5.41) is 13.0. The van der Waals surface area contributed by atoms with Gasteiger partial charge in [0, 0.05) is 36.7 Å². The van der Waals surface area contributed by atoms with Crippen molar-refractivity contribution in [1.82, 2.24) is 9.80 Å². The summed E-state index contributed by atoms with van der Waals surface area (Å²) in [6, 6.07) is 23.9. The van der Waals surface area contributed by atoms with Gasteiger partial charge >= 0.3 is 5.97 Å². The smallest absolute Gasteiger partial charge is 0.308 e. The van der Waals surface area contributed by atoms with Crippen molar-refractivity contribution in [1.29, 1.82) is 0 Å². The molecule has 3 aromatic carbocycles. The van der Waals surface area contributed by atoms with E-state index in [9.17, 15) is 14.7 Å². The number of hydrogen-bond donors (Lipinski definition) is 1. The molecule has 7 nitrogen and oxygen atoms in total. The summed E-state index contributed by atoms with van der Waals surface area (Å²) < 4.78 is 12.7. The Hall–Kier alpha value is -3.78. The first-order valence-corrected chi connectivity index (χ1v) is 17.8. The Bertz CT molecular complexity index is 1640. The normalized spacial score (nSPS) is 26.9. The van der Waals surface area contributed by atoms with E-state index in [1.807, 2.05) is 42.5 Å². The van der Waals surface area contributed by atoms with E-state index in [0.29, 0.717) is 49.4 Å². The number of unbranched alkanes of at least 4 members (excludes halogenated alkanes) is 3. The van der Waals surface area contributed by atoms with Crippen LogP contribution in [0.4, 0.5) is 0 Å². The number of rotatable bonds is 14. The van der Waals surface area contributed by atoms with E-state index >= 15 is 0 Å². The Balaban J connectivity index is 1.19. The largest absolute Gasteiger partial charge is 0.483 e. The molecule has 0 amide bonds. The van der Waals surface area contributed by atoms with Gasteiger partial charge in [-0.3, -0.25) is 19.4 Å². The number of hydrogen-bond acceptors (Lipinski definition) is 7. The number of carbonyl (C=O) groups excluding carboxylic acids is 2. The van der Waals surface area contributed by atoms with E-state index in [0.717, 1.165) is 62.7 Å². The van der Waals surface area contributed by atoms with E-state index in [-0.39, 0.29) is 24.0 Å². The molecule has 0 unspecified atom stereocenters. The third-order valence-electron chi connectivity index (χ3n) is 11.6. The minimum absolute atomic E-state index is 0.0710. The predicted octanol–water partition coefficient (Wildman–Crippen LogP) is 6.31. The Morgan fingerprint density at radius 1 is 1.02 bits per heavy atom. The fourth-order valence-electron chi connectivity index (χ4n) is 9.49. The first kappa shape index (κ1) is 32.8. The van der Waals surface area contributed by atoms with E-state index in [4.69, 9.17) is 9.47 Å². The molecule has 2 fully saturated rings. The highest BCUT2D eigenvalue weighted by Gasteiger charge is 2.73. The average Bonchev–Trinajstić information content (AvgIpc) is 3.44. The number of piperidine rings is 1. The van der Waals surface area contributed by atoms with E-state index in [2.05, 4.69) is 52.8 Å². The summed E-state index contributed by atoms with van der Waals surface area (Å²) in [6.45, 7) is 8.01. The maximum absolute atomic E-state index is 13.8. The fraction of sp³-hybridized carbons (Fsp3) is 0.463. The second-order valence-corrected chi connectivity index (χ2v) is 14.2. The second-order valence-electron chi connectivity index (χ2n) is 14.2. The van der Waals surface area contributed by atoms with Gasteiger partial charge < -0.3 is 14.6 Å². The molecule has 5 atom stereocenters. The number of benzene rings is 3. The molecule has 7 rings (SSSR count). The Labute approximate surface area is 284 Å². The zero-order valence-corrected chi connectivity index (χ0v) is 28.1. The minimum atomic E-state index is -1.02. The molecule has 2 bridgehead atoms. The molecule has 1 spiro atoms. The number of aliphatic hydroxyl groups is 1. The lowest BCUT2D eigenvalue weighted by Gasteiger charge is -2.64. The van der Waals surface area contributed by atoms with E-state index in [1.165, 1.54) is 12.5 Å². The van der Waals surface area contributed by atoms with Crippen LogP contribution in [0.2, 0.25) is 0 Å². The van der Waals surface area contributed by atoms with Gasteiger partial charge in [-0.25, -0.2) is 0 Å². The zero-order valence-electron chi connectivity index (χ0n) is 28.1. The maximum atomic E-state index is 13.8. The molecule has 2 aliphatic carbocycles. The van der Waals surface area contributed by atoms with Crippen LogP contribution in [0.5, 0.6) is 11.5 Å². The van der Waals surface area contributed by atoms with Gasteiger partial charge in [0.15, 0.2) is 17.3 Å². The molecule has 48 heavy (non-hydrogen) atoms. The minimum Gasteiger partial charge on any atom is -0.483 e. The molecule has 1 saturated heterocycles. The van der Waals surface area contributed by atoms with E-state index in [1.54, 1.807) is 0 Å². The number of ether oxygens (including phenoxy) is 2. The molecule has 2 heterocycles. The van der Waals surface area contributed by atoms with Crippen molar-refractivity contribution in [2.45, 2.75) is 93.9 Å². The molecular weight excluding hydrogens is 600 g/mol. The Morgan fingerprint density at radius 2 is 1.77 bits per heavy atom. The number of nitrogens with zero attached hydrogens (tertiary/aromatic N) is 2. The van der Waals surface area contributed by atoms with Crippen LogP contribution in [-0.2, 0) is 23.1 Å². The van der Waals surface area contributed by atoms with Gasteiger partial charge in [-0.1, -0.05) is 85.6 Å². The topological polar surface area (TPSA) is 79.3 Å². The summed E-state index contributed by atoms with van der Waals surface area (Å²) in [5.74, 6) is 0.718. The van der Waals surface area contributed by atoms with Crippen LogP contribution in [0, 0.1) is 0 Å². The van der Waals surface area contributed by atoms with Crippen molar-refractivity contribution in [2.75, 3.05) is 26.2 Å². The Morgan fingerprint density at radius 3 is 2.52 bits per heavy atom. The van der Waals surface area contributed by atoms with Gasteiger partial charge in [0.05, 0.1) is 17.6 Å². The lowest BCUT2D eigenvalue weighted by Crippen LogP contribution is -2.78. The first-order valence-electron chi connectivity index (χ1n) is 17.8. The van der Waals surface area contributed by atoms with Gasteiger partial charge in [-0.15, -0.1) is 6.58 Å². The number of carbonyl (C=O) groups is 2. The van der Waals surface area contributed by atoms with Crippen LogP contribution in [-0.4, -0.2) is 76.6 Å². The van der Waals surface area contributed by atoms with Crippen molar-refractivity contribution in [3.63, 3.8) is 0 Å². The quantitative estimate of drug-likeness (QED) is 0.0722. The van der Waals surface area contributed by atoms with Crippen molar-refractivity contribution in [2.24, 2.45) is 0 Å². The van der Waals surface area contributed by atoms with E-state index < -0.39 is 17.0 Å². The zero-order chi connectivity index (χ0) is 33.3. The highest BCUT2D eigenvalue weighted by molar-refractivity contribution is 5.97. The van der Waals surface area contributed by atoms with Gasteiger partial charge in [-0.05, 0) is 75.2 Å². The molecule has 1 N–H and O–H groups in total. The molecule has 2 aliphatic heterocycles. The summed E-state index contributed by atoms with van der Waals surface area (Å²) >= 11 is 0. The summed E-state index contributed by atoms with van der Waals surface area (Å²) in [6.07, 6.45) is 9.69. The highest BCUT2D eigenvalue weighted by atomic mass is 16.6. The maximum Gasteiger partial charge on any atom is 0.308 e. The molecule has 7 heteroatoms. The van der Waals surface area contributed by atoms with Crippen LogP contribution in [0.15, 0.2) is 85.5 Å². The van der Waals surface area contributed by atoms with Crippen molar-refractivity contribution in [3.05, 3.63) is 108 Å². The number of aryl methyl sites for hydroxylation is 1. The van der Waals surface area contributed by atoms with Crippen molar-refractivity contribution < 1.29 is 24.2 Å². The molecule has 0 aromatic heterocycles. The summed E-state index contributed by atoms with van der Waals surface area (Å²) in [7, 11) is 0. The number of likely N-dealkylation sites (tertiary alicyclic amines) is 1. The average molecular weight is 649 g/mol. The standard InChI is InChI=1S/C41H48N2O5/c1-3-24-42-26-23-40-37-32-19-20-35(47-29(2)44)38(37)48-39(40)33(21-22-41(40,46)36(42)27-32)43(28-34(45)31-17-11-7-12-18-31)25-13-5-4-8-14-30-15-9-6-10-16-30/h3,6-7,9-12,15-20,33,36,39,46H,1,4-5,8,13-14,21-28H2,2H3/t33-,36+,39-,40-,41+/m0/s1.